The van der Waals surface area contributed by atoms with Gasteiger partial charge in [0.25, 0.3) is 0 Å². The van der Waals surface area contributed by atoms with E-state index in [-0.39, 0.29) is 0 Å². The van der Waals surface area contributed by atoms with Crippen LogP contribution in [0.1, 0.15) is 22.9 Å². The fourth-order valence-electron chi connectivity index (χ4n) is 3.11. The lowest BCUT2D eigenvalue weighted by atomic mass is 10.2. The first-order valence-electron chi connectivity index (χ1n) is 8.49. The number of imidazole rings is 2. The molecule has 126 valence electrons. The van der Waals surface area contributed by atoms with Gasteiger partial charge in [0.15, 0.2) is 0 Å². The molecule has 0 unspecified atom stereocenters. The maximum absolute atomic E-state index is 4.80. The summed E-state index contributed by atoms with van der Waals surface area (Å²) in [7, 11) is 2.05. The van der Waals surface area contributed by atoms with Crippen molar-refractivity contribution in [2.75, 3.05) is 0 Å². The molecule has 0 saturated heterocycles. The summed E-state index contributed by atoms with van der Waals surface area (Å²) < 4.78 is 4.18. The zero-order chi connectivity index (χ0) is 17.4. The van der Waals surface area contributed by atoms with E-state index in [4.69, 9.17) is 9.97 Å². The van der Waals surface area contributed by atoms with E-state index in [1.54, 1.807) is 0 Å². The Morgan fingerprint density at radius 1 is 0.960 bits per heavy atom. The highest BCUT2D eigenvalue weighted by Gasteiger charge is 2.10. The molecule has 25 heavy (non-hydrogen) atoms. The summed E-state index contributed by atoms with van der Waals surface area (Å²) in [5.41, 5.74) is 5.33. The maximum Gasteiger partial charge on any atom is 0.142 e. The Balaban J connectivity index is 1.57. The molecule has 4 aromatic rings. The predicted molar refractivity (Wildman–Crippen MR) is 98.5 cm³/mol. The Hall–Kier alpha value is -2.95. The molecule has 3 heterocycles. The van der Waals surface area contributed by atoms with Crippen LogP contribution in [0.2, 0.25) is 0 Å². The van der Waals surface area contributed by atoms with Gasteiger partial charge in [-0.25, -0.2) is 15.0 Å². The molecule has 0 amide bonds. The molecule has 0 saturated carbocycles. The highest BCUT2D eigenvalue weighted by Crippen LogP contribution is 2.19. The number of aromatic nitrogens is 5. The highest BCUT2D eigenvalue weighted by molar-refractivity contribution is 5.58. The van der Waals surface area contributed by atoms with E-state index >= 15 is 0 Å². The largest absolute Gasteiger partial charge is 0.337 e. The molecule has 3 aromatic heterocycles. The fourth-order valence-corrected chi connectivity index (χ4v) is 3.11. The molecule has 5 nitrogen and oxygen atoms in total. The van der Waals surface area contributed by atoms with Crippen molar-refractivity contribution in [2.45, 2.75) is 26.7 Å². The summed E-state index contributed by atoms with van der Waals surface area (Å²) in [6, 6.07) is 10.3. The summed E-state index contributed by atoms with van der Waals surface area (Å²) in [5.74, 6) is 2.03. The van der Waals surface area contributed by atoms with Gasteiger partial charge in [0.05, 0.1) is 11.4 Å². The average molecular weight is 331 g/mol. The smallest absolute Gasteiger partial charge is 0.142 e. The molecular formula is C20H21N5. The number of benzene rings is 1. The van der Waals surface area contributed by atoms with Crippen LogP contribution in [0.5, 0.6) is 0 Å². The van der Waals surface area contributed by atoms with Gasteiger partial charge in [-0.1, -0.05) is 30.3 Å². The van der Waals surface area contributed by atoms with Crippen LogP contribution in [0.4, 0.5) is 0 Å². The van der Waals surface area contributed by atoms with E-state index in [1.165, 1.54) is 0 Å². The van der Waals surface area contributed by atoms with Crippen LogP contribution in [0, 0.1) is 13.8 Å². The van der Waals surface area contributed by atoms with Gasteiger partial charge in [0.1, 0.15) is 17.3 Å². The van der Waals surface area contributed by atoms with Crippen LogP contribution in [-0.4, -0.2) is 23.9 Å². The standard InChI is InChI=1S/C20H21N5/c1-14-11-21-15(2)25-12-17(22-20(14)25)9-10-19-23-18(13-24(19)3)16-7-5-4-6-8-16/h4-8,11-13H,9-10H2,1-3H3. The van der Waals surface area contributed by atoms with E-state index in [0.29, 0.717) is 0 Å². The Labute approximate surface area is 147 Å². The van der Waals surface area contributed by atoms with Gasteiger partial charge in [-0.3, -0.25) is 4.40 Å². The molecule has 4 rings (SSSR count). The lowest BCUT2D eigenvalue weighted by Crippen LogP contribution is -2.00. The van der Waals surface area contributed by atoms with Crippen molar-refractivity contribution in [3.63, 3.8) is 0 Å². The van der Waals surface area contributed by atoms with E-state index in [1.807, 2.05) is 38.2 Å². The van der Waals surface area contributed by atoms with Crippen molar-refractivity contribution < 1.29 is 0 Å². The molecule has 0 atom stereocenters. The number of rotatable bonds is 4. The van der Waals surface area contributed by atoms with Crippen molar-refractivity contribution in [3.8, 4) is 11.3 Å². The van der Waals surface area contributed by atoms with Crippen molar-refractivity contribution in [3.05, 3.63) is 71.8 Å². The zero-order valence-electron chi connectivity index (χ0n) is 14.8. The van der Waals surface area contributed by atoms with Crippen LogP contribution in [0.3, 0.4) is 0 Å². The van der Waals surface area contributed by atoms with Crippen LogP contribution < -0.4 is 0 Å². The van der Waals surface area contributed by atoms with Crippen molar-refractivity contribution >= 4 is 5.65 Å². The third-order valence-corrected chi connectivity index (χ3v) is 4.55. The average Bonchev–Trinajstić information content (AvgIpc) is 3.22. The molecule has 1 aromatic carbocycles. The number of hydrogen-bond acceptors (Lipinski definition) is 3. The monoisotopic (exact) mass is 331 g/mol. The molecule has 0 radical (unpaired) electrons. The number of aryl methyl sites for hydroxylation is 5. The quantitative estimate of drug-likeness (QED) is 0.575. The van der Waals surface area contributed by atoms with Crippen LogP contribution >= 0.6 is 0 Å². The van der Waals surface area contributed by atoms with Gasteiger partial charge in [-0.05, 0) is 20.3 Å². The van der Waals surface area contributed by atoms with Gasteiger partial charge in [0, 0.05) is 43.2 Å². The summed E-state index contributed by atoms with van der Waals surface area (Å²) in [6.45, 7) is 4.05. The molecule has 0 N–H and O–H groups in total. The minimum atomic E-state index is 0.860. The van der Waals surface area contributed by atoms with E-state index < -0.39 is 0 Å². The molecule has 5 heteroatoms. The van der Waals surface area contributed by atoms with Crippen LogP contribution in [0.25, 0.3) is 16.9 Å². The normalized spacial score (nSPS) is 11.3. The topological polar surface area (TPSA) is 48.0 Å². The van der Waals surface area contributed by atoms with E-state index in [2.05, 4.69) is 45.5 Å². The molecule has 0 aliphatic carbocycles. The summed E-state index contributed by atoms with van der Waals surface area (Å²) in [5, 5.41) is 0. The second kappa shape index (κ2) is 6.16. The van der Waals surface area contributed by atoms with Gasteiger partial charge in [-0.15, -0.1) is 0 Å². The minimum absolute atomic E-state index is 0.860. The first kappa shape index (κ1) is 15.6. The molecule has 0 fully saturated rings. The van der Waals surface area contributed by atoms with Gasteiger partial charge >= 0.3 is 0 Å². The first-order chi connectivity index (χ1) is 12.1. The second-order valence-corrected chi connectivity index (χ2v) is 6.43. The highest BCUT2D eigenvalue weighted by atomic mass is 15.1. The third kappa shape index (κ3) is 2.93. The van der Waals surface area contributed by atoms with Gasteiger partial charge in [0.2, 0.25) is 0 Å². The van der Waals surface area contributed by atoms with Crippen molar-refractivity contribution in [1.82, 2.24) is 23.9 Å². The summed E-state index contributed by atoms with van der Waals surface area (Å²) in [6.07, 6.45) is 7.78. The molecule has 0 bridgehead atoms. The zero-order valence-corrected chi connectivity index (χ0v) is 14.8. The SMILES string of the molecule is Cc1cnc(C)n2cc(CCc3nc(-c4ccccc4)cn3C)nc12. The molecule has 0 aliphatic heterocycles. The molecule has 0 aliphatic rings. The Morgan fingerprint density at radius 2 is 1.76 bits per heavy atom. The summed E-state index contributed by atoms with van der Waals surface area (Å²) >= 11 is 0. The van der Waals surface area contributed by atoms with Crippen molar-refractivity contribution in [2.24, 2.45) is 7.05 Å². The predicted octanol–water partition coefficient (Wildman–Crippen LogP) is 3.53. The number of nitrogens with zero attached hydrogens (tertiary/aromatic N) is 5. The molecule has 0 spiro atoms. The molecular weight excluding hydrogens is 310 g/mol. The Morgan fingerprint density at radius 3 is 2.52 bits per heavy atom. The van der Waals surface area contributed by atoms with Crippen LogP contribution in [0.15, 0.2) is 48.9 Å². The Bertz CT molecular complexity index is 988. The third-order valence-electron chi connectivity index (χ3n) is 4.55. The lowest BCUT2D eigenvalue weighted by molar-refractivity contribution is 0.764. The van der Waals surface area contributed by atoms with Crippen molar-refractivity contribution in [1.29, 1.82) is 0 Å². The summed E-state index contributed by atoms with van der Waals surface area (Å²) in [4.78, 5) is 14.0. The maximum atomic E-state index is 4.80. The second-order valence-electron chi connectivity index (χ2n) is 6.43. The van der Waals surface area contributed by atoms with Gasteiger partial charge in [-0.2, -0.15) is 0 Å². The first-order valence-corrected chi connectivity index (χ1v) is 8.49. The number of hydrogen-bond donors (Lipinski definition) is 0. The minimum Gasteiger partial charge on any atom is -0.337 e. The lowest BCUT2D eigenvalue weighted by Gasteiger charge is -1.99. The van der Waals surface area contributed by atoms with Gasteiger partial charge < -0.3 is 4.57 Å². The van der Waals surface area contributed by atoms with E-state index in [9.17, 15) is 0 Å². The number of fused-ring (bicyclic) bond motifs is 1. The van der Waals surface area contributed by atoms with Crippen LogP contribution in [-0.2, 0) is 19.9 Å². The Kier molecular flexibility index (Phi) is 3.84. The fraction of sp³-hybridized carbons (Fsp3) is 0.250. The van der Waals surface area contributed by atoms with E-state index in [0.717, 1.165) is 52.7 Å².